The maximum Gasteiger partial charge on any atom is 0.0912 e. The number of hydrogen-bond donors (Lipinski definition) is 1. The van der Waals surface area contributed by atoms with Gasteiger partial charge in [-0.05, 0) is 24.3 Å². The summed E-state index contributed by atoms with van der Waals surface area (Å²) in [6, 6.07) is 14.3. The molecule has 2 aromatic carbocycles. The van der Waals surface area contributed by atoms with E-state index in [1.54, 1.807) is 18.0 Å². The second kappa shape index (κ2) is 5.18. The zero-order valence-corrected chi connectivity index (χ0v) is 12.0. The number of thioether (sulfide) groups is 1. The molecule has 0 saturated heterocycles. The largest absolute Gasteiger partial charge is 0.278 e. The molecule has 0 aliphatic carbocycles. The molecule has 4 aromatic rings. The fourth-order valence-electron chi connectivity index (χ4n) is 2.23. The first-order chi connectivity index (χ1) is 10.4. The maximum absolute atomic E-state index is 4.69. The van der Waals surface area contributed by atoms with Gasteiger partial charge in [-0.25, -0.2) is 4.98 Å². The van der Waals surface area contributed by atoms with Crippen molar-refractivity contribution in [3.05, 3.63) is 60.6 Å². The van der Waals surface area contributed by atoms with Gasteiger partial charge >= 0.3 is 0 Å². The fourth-order valence-corrected chi connectivity index (χ4v) is 3.04. The highest BCUT2D eigenvalue weighted by molar-refractivity contribution is 7.98. The zero-order valence-electron chi connectivity index (χ0n) is 11.2. The van der Waals surface area contributed by atoms with E-state index in [1.165, 1.54) is 4.90 Å². The van der Waals surface area contributed by atoms with E-state index in [2.05, 4.69) is 32.3 Å². The molecule has 2 aromatic heterocycles. The Morgan fingerprint density at radius 1 is 1.00 bits per heavy atom. The Bertz CT molecular complexity index is 902. The Kier molecular flexibility index (Phi) is 3.05. The van der Waals surface area contributed by atoms with Crippen molar-refractivity contribution in [3.8, 4) is 0 Å². The van der Waals surface area contributed by atoms with Crippen LogP contribution in [0.5, 0.6) is 0 Å². The summed E-state index contributed by atoms with van der Waals surface area (Å²) in [7, 11) is 0. The molecular weight excluding hydrogens is 280 g/mol. The van der Waals surface area contributed by atoms with Gasteiger partial charge in [-0.1, -0.05) is 18.2 Å². The normalized spacial score (nSPS) is 11.2. The number of nitrogens with one attached hydrogen (secondary N) is 1. The Morgan fingerprint density at radius 3 is 2.81 bits per heavy atom. The smallest absolute Gasteiger partial charge is 0.0912 e. The van der Waals surface area contributed by atoms with Gasteiger partial charge in [0.25, 0.3) is 0 Å². The molecule has 4 nitrogen and oxygen atoms in total. The molecular formula is C16H12N4S. The molecule has 1 N–H and O–H groups in total. The first-order valence-electron chi connectivity index (χ1n) is 6.65. The number of rotatable bonds is 3. The SMILES string of the molecule is c1ccc(SCc2cnc3cc4cn[nH]c4cc3n2)cc1. The van der Waals surface area contributed by atoms with Crippen LogP contribution in [-0.4, -0.2) is 20.2 Å². The lowest BCUT2D eigenvalue weighted by molar-refractivity contribution is 1.12. The van der Waals surface area contributed by atoms with E-state index >= 15 is 0 Å². The van der Waals surface area contributed by atoms with Crippen molar-refractivity contribution in [2.45, 2.75) is 10.6 Å². The second-order valence-electron chi connectivity index (χ2n) is 4.76. The summed E-state index contributed by atoms with van der Waals surface area (Å²) in [6.45, 7) is 0. The van der Waals surface area contributed by atoms with Crippen molar-refractivity contribution in [1.82, 2.24) is 20.2 Å². The summed E-state index contributed by atoms with van der Waals surface area (Å²) in [6.07, 6.45) is 3.65. The number of aromatic nitrogens is 4. The van der Waals surface area contributed by atoms with E-state index in [0.29, 0.717) is 0 Å². The maximum atomic E-state index is 4.69. The lowest BCUT2D eigenvalue weighted by atomic mass is 10.2. The Labute approximate surface area is 125 Å². The third kappa shape index (κ3) is 2.48. The molecule has 2 heterocycles. The van der Waals surface area contributed by atoms with Crippen LogP contribution in [0.15, 0.2) is 59.8 Å². The van der Waals surface area contributed by atoms with Crippen molar-refractivity contribution in [2.75, 3.05) is 0 Å². The molecule has 0 aliphatic rings. The van der Waals surface area contributed by atoms with Crippen LogP contribution in [0.25, 0.3) is 21.9 Å². The van der Waals surface area contributed by atoms with Gasteiger partial charge in [-0.15, -0.1) is 11.8 Å². The Morgan fingerprint density at radius 2 is 1.90 bits per heavy atom. The number of hydrogen-bond acceptors (Lipinski definition) is 4. The number of nitrogens with zero attached hydrogens (tertiary/aromatic N) is 3. The standard InChI is InChI=1S/C16H12N4S/c1-2-4-13(5-3-1)21-10-12-9-17-15-6-11-8-18-20-14(11)7-16(15)19-12/h1-9H,10H2,(H,18,20). The quantitative estimate of drug-likeness (QED) is 0.584. The van der Waals surface area contributed by atoms with E-state index in [0.717, 1.165) is 33.4 Å². The minimum atomic E-state index is 0.813. The van der Waals surface area contributed by atoms with E-state index < -0.39 is 0 Å². The molecule has 21 heavy (non-hydrogen) atoms. The van der Waals surface area contributed by atoms with Crippen LogP contribution >= 0.6 is 11.8 Å². The number of aromatic amines is 1. The first kappa shape index (κ1) is 12.3. The van der Waals surface area contributed by atoms with Gasteiger partial charge in [-0.2, -0.15) is 5.10 Å². The van der Waals surface area contributed by atoms with Crippen LogP contribution < -0.4 is 0 Å². The van der Waals surface area contributed by atoms with Gasteiger partial charge in [0.05, 0.1) is 28.4 Å². The third-order valence-electron chi connectivity index (χ3n) is 3.28. The monoisotopic (exact) mass is 292 g/mol. The molecule has 4 rings (SSSR count). The van der Waals surface area contributed by atoms with Crippen LogP contribution in [0.3, 0.4) is 0 Å². The summed E-state index contributed by atoms with van der Waals surface area (Å²) in [5, 5.41) is 8.06. The second-order valence-corrected chi connectivity index (χ2v) is 5.81. The molecule has 102 valence electrons. The van der Waals surface area contributed by atoms with Crippen LogP contribution in [0.1, 0.15) is 5.69 Å². The van der Waals surface area contributed by atoms with Crippen LogP contribution in [0.2, 0.25) is 0 Å². The van der Waals surface area contributed by atoms with Crippen molar-refractivity contribution in [3.63, 3.8) is 0 Å². The van der Waals surface area contributed by atoms with Gasteiger partial charge < -0.3 is 0 Å². The Balaban J connectivity index is 1.65. The molecule has 0 spiro atoms. The minimum Gasteiger partial charge on any atom is -0.278 e. The fraction of sp³-hybridized carbons (Fsp3) is 0.0625. The van der Waals surface area contributed by atoms with Crippen molar-refractivity contribution in [2.24, 2.45) is 0 Å². The molecule has 0 aliphatic heterocycles. The average molecular weight is 292 g/mol. The topological polar surface area (TPSA) is 54.5 Å². The Hall–Kier alpha value is -2.40. The highest BCUT2D eigenvalue weighted by atomic mass is 32.2. The van der Waals surface area contributed by atoms with Crippen molar-refractivity contribution < 1.29 is 0 Å². The van der Waals surface area contributed by atoms with Gasteiger partial charge in [0.1, 0.15) is 0 Å². The summed E-state index contributed by atoms with van der Waals surface area (Å²) >= 11 is 1.76. The summed E-state index contributed by atoms with van der Waals surface area (Å²) < 4.78 is 0. The van der Waals surface area contributed by atoms with Gasteiger partial charge in [0.15, 0.2) is 0 Å². The minimum absolute atomic E-state index is 0.813. The van der Waals surface area contributed by atoms with E-state index in [-0.39, 0.29) is 0 Å². The summed E-state index contributed by atoms with van der Waals surface area (Å²) in [4.78, 5) is 10.4. The lowest BCUT2D eigenvalue weighted by Gasteiger charge is -2.03. The van der Waals surface area contributed by atoms with E-state index in [4.69, 9.17) is 0 Å². The van der Waals surface area contributed by atoms with Gasteiger partial charge in [0, 0.05) is 22.2 Å². The van der Waals surface area contributed by atoms with Gasteiger partial charge in [0.2, 0.25) is 0 Å². The van der Waals surface area contributed by atoms with Gasteiger partial charge in [-0.3, -0.25) is 10.1 Å². The predicted molar refractivity (Wildman–Crippen MR) is 85.2 cm³/mol. The summed E-state index contributed by atoms with van der Waals surface area (Å²) in [5.74, 6) is 0.813. The predicted octanol–water partition coefficient (Wildman–Crippen LogP) is 3.80. The summed E-state index contributed by atoms with van der Waals surface area (Å²) in [5.41, 5.74) is 3.77. The van der Waals surface area contributed by atoms with E-state index in [9.17, 15) is 0 Å². The lowest BCUT2D eigenvalue weighted by Crippen LogP contribution is -1.91. The number of H-pyrrole nitrogens is 1. The molecule has 0 atom stereocenters. The molecule has 0 saturated carbocycles. The zero-order chi connectivity index (χ0) is 14.1. The van der Waals surface area contributed by atoms with Crippen LogP contribution in [0, 0.1) is 0 Å². The molecule has 0 bridgehead atoms. The highest BCUT2D eigenvalue weighted by Crippen LogP contribution is 2.23. The third-order valence-corrected chi connectivity index (χ3v) is 4.33. The number of benzene rings is 2. The molecule has 5 heteroatoms. The molecule has 0 unspecified atom stereocenters. The van der Waals surface area contributed by atoms with Crippen LogP contribution in [0.4, 0.5) is 0 Å². The first-order valence-corrected chi connectivity index (χ1v) is 7.64. The average Bonchev–Trinajstić information content (AvgIpc) is 2.98. The van der Waals surface area contributed by atoms with Crippen LogP contribution in [-0.2, 0) is 5.75 Å². The molecule has 0 radical (unpaired) electrons. The van der Waals surface area contributed by atoms with Crippen molar-refractivity contribution >= 4 is 33.7 Å². The molecule has 0 fully saturated rings. The number of fused-ring (bicyclic) bond motifs is 2. The highest BCUT2D eigenvalue weighted by Gasteiger charge is 2.04. The van der Waals surface area contributed by atoms with E-state index in [1.807, 2.05) is 36.5 Å². The molecule has 0 amide bonds. The van der Waals surface area contributed by atoms with Crippen molar-refractivity contribution in [1.29, 1.82) is 0 Å².